The van der Waals surface area contributed by atoms with E-state index in [1.165, 1.54) is 11.8 Å². The molecule has 3 aromatic rings. The third kappa shape index (κ3) is 3.45. The van der Waals surface area contributed by atoms with Crippen molar-refractivity contribution in [1.29, 1.82) is 0 Å². The van der Waals surface area contributed by atoms with E-state index in [0.717, 1.165) is 35.1 Å². The van der Waals surface area contributed by atoms with Crippen molar-refractivity contribution in [2.75, 3.05) is 16.8 Å². The Morgan fingerprint density at radius 3 is 2.70 bits per heavy atom. The molecule has 0 unspecified atom stereocenters. The van der Waals surface area contributed by atoms with E-state index in [4.69, 9.17) is 0 Å². The zero-order valence-electron chi connectivity index (χ0n) is 16.4. The Hall–Kier alpha value is -3.20. The van der Waals surface area contributed by atoms with E-state index in [-0.39, 0.29) is 18.4 Å². The van der Waals surface area contributed by atoms with Gasteiger partial charge in [-0.15, -0.1) is 10.2 Å². The number of anilines is 2. The first-order chi connectivity index (χ1) is 14.6. The van der Waals surface area contributed by atoms with Crippen molar-refractivity contribution in [2.45, 2.75) is 36.2 Å². The van der Waals surface area contributed by atoms with Gasteiger partial charge in [0.25, 0.3) is 0 Å². The summed E-state index contributed by atoms with van der Waals surface area (Å²) in [6.07, 6.45) is 5.62. The van der Waals surface area contributed by atoms with Gasteiger partial charge >= 0.3 is 0 Å². The molecule has 1 fully saturated rings. The number of benzene rings is 1. The second kappa shape index (κ2) is 7.56. The molecule has 2 amide bonds. The number of para-hydroxylation sites is 2. The van der Waals surface area contributed by atoms with Crippen LogP contribution in [0.4, 0.5) is 11.4 Å². The number of carbonyl (C=O) groups excluding carboxylic acids is 2. The maximum atomic E-state index is 13.2. The number of aromatic nitrogens is 4. The Morgan fingerprint density at radius 1 is 1.17 bits per heavy atom. The van der Waals surface area contributed by atoms with Crippen LogP contribution in [-0.4, -0.2) is 43.4 Å². The lowest BCUT2D eigenvalue weighted by atomic mass is 10.2. The van der Waals surface area contributed by atoms with Crippen molar-refractivity contribution < 1.29 is 9.59 Å². The van der Waals surface area contributed by atoms with Gasteiger partial charge in [-0.05, 0) is 44.0 Å². The zero-order chi connectivity index (χ0) is 20.7. The van der Waals surface area contributed by atoms with Crippen molar-refractivity contribution in [2.24, 2.45) is 0 Å². The predicted octanol–water partition coefficient (Wildman–Crippen LogP) is 3.14. The number of rotatable bonds is 5. The molecule has 1 aromatic carbocycles. The third-order valence-corrected chi connectivity index (χ3v) is 6.23. The van der Waals surface area contributed by atoms with Gasteiger partial charge in [0, 0.05) is 24.0 Å². The maximum Gasteiger partial charge on any atom is 0.244 e. The normalized spacial score (nSPS) is 16.7. The van der Waals surface area contributed by atoms with Crippen LogP contribution in [0.25, 0.3) is 11.4 Å². The Morgan fingerprint density at radius 2 is 1.93 bits per heavy atom. The fraction of sp³-hybridized carbons (Fsp3) is 0.286. The van der Waals surface area contributed by atoms with Crippen molar-refractivity contribution in [3.05, 3.63) is 48.8 Å². The lowest BCUT2D eigenvalue weighted by molar-refractivity contribution is -0.121. The van der Waals surface area contributed by atoms with Crippen LogP contribution in [-0.2, 0) is 9.59 Å². The van der Waals surface area contributed by atoms with Gasteiger partial charge in [0.2, 0.25) is 11.8 Å². The summed E-state index contributed by atoms with van der Waals surface area (Å²) in [4.78, 5) is 31.0. The summed E-state index contributed by atoms with van der Waals surface area (Å²) in [5.41, 5.74) is 2.33. The van der Waals surface area contributed by atoms with Crippen molar-refractivity contribution in [3.8, 4) is 11.4 Å². The molecule has 30 heavy (non-hydrogen) atoms. The number of fused-ring (bicyclic) bond motifs is 1. The van der Waals surface area contributed by atoms with Gasteiger partial charge in [-0.25, -0.2) is 0 Å². The van der Waals surface area contributed by atoms with Gasteiger partial charge in [0.05, 0.1) is 16.6 Å². The van der Waals surface area contributed by atoms with E-state index in [9.17, 15) is 9.59 Å². The SMILES string of the molecule is C[C@@H](Sc1nnc(-c2ccncc2)n1C1CC1)C(=O)N1CC(=O)Nc2ccccc21. The van der Waals surface area contributed by atoms with Crippen LogP contribution in [0.1, 0.15) is 25.8 Å². The van der Waals surface area contributed by atoms with Crippen LogP contribution < -0.4 is 10.2 Å². The average Bonchev–Trinajstić information content (AvgIpc) is 3.53. The summed E-state index contributed by atoms with van der Waals surface area (Å²) in [5, 5.41) is 11.9. The molecule has 0 bridgehead atoms. The Balaban J connectivity index is 1.41. The van der Waals surface area contributed by atoms with Gasteiger partial charge in [-0.3, -0.25) is 24.0 Å². The Labute approximate surface area is 177 Å². The van der Waals surface area contributed by atoms with Crippen LogP contribution in [0.3, 0.4) is 0 Å². The molecule has 8 nitrogen and oxygen atoms in total. The van der Waals surface area contributed by atoms with E-state index in [1.807, 2.05) is 37.3 Å². The number of nitrogens with one attached hydrogen (secondary N) is 1. The summed E-state index contributed by atoms with van der Waals surface area (Å²) in [5.74, 6) is 0.475. The van der Waals surface area contributed by atoms with E-state index >= 15 is 0 Å². The topological polar surface area (TPSA) is 93.0 Å². The summed E-state index contributed by atoms with van der Waals surface area (Å²) in [6.45, 7) is 1.86. The molecule has 152 valence electrons. The highest BCUT2D eigenvalue weighted by atomic mass is 32.2. The van der Waals surface area contributed by atoms with Gasteiger partial charge in [0.1, 0.15) is 6.54 Å². The summed E-state index contributed by atoms with van der Waals surface area (Å²) in [7, 11) is 0. The van der Waals surface area contributed by atoms with Gasteiger partial charge < -0.3 is 5.32 Å². The van der Waals surface area contributed by atoms with E-state index in [2.05, 4.69) is 25.1 Å². The highest BCUT2D eigenvalue weighted by Gasteiger charge is 2.34. The van der Waals surface area contributed by atoms with Crippen LogP contribution >= 0.6 is 11.8 Å². The molecule has 0 saturated heterocycles. The third-order valence-electron chi connectivity index (χ3n) is 5.18. The lowest BCUT2D eigenvalue weighted by Gasteiger charge is -2.30. The van der Waals surface area contributed by atoms with Crippen molar-refractivity contribution >= 4 is 35.0 Å². The van der Waals surface area contributed by atoms with Crippen LogP contribution in [0, 0.1) is 0 Å². The first kappa shape index (κ1) is 18.8. The number of hydrogen-bond donors (Lipinski definition) is 1. The minimum atomic E-state index is -0.420. The van der Waals surface area contributed by atoms with E-state index < -0.39 is 5.25 Å². The smallest absolute Gasteiger partial charge is 0.244 e. The highest BCUT2D eigenvalue weighted by Crippen LogP contribution is 2.42. The molecule has 0 radical (unpaired) electrons. The maximum absolute atomic E-state index is 13.2. The lowest BCUT2D eigenvalue weighted by Crippen LogP contribution is -2.45. The largest absolute Gasteiger partial charge is 0.323 e. The van der Waals surface area contributed by atoms with Gasteiger partial charge in [0.15, 0.2) is 11.0 Å². The van der Waals surface area contributed by atoms with E-state index in [1.54, 1.807) is 23.4 Å². The number of nitrogens with zero attached hydrogens (tertiary/aromatic N) is 5. The first-order valence-corrected chi connectivity index (χ1v) is 10.7. The Kier molecular flexibility index (Phi) is 4.74. The molecular weight excluding hydrogens is 400 g/mol. The minimum absolute atomic E-state index is 0.0122. The molecule has 3 heterocycles. The highest BCUT2D eigenvalue weighted by molar-refractivity contribution is 8.00. The molecule has 2 aliphatic rings. The van der Waals surface area contributed by atoms with Crippen molar-refractivity contribution in [3.63, 3.8) is 0 Å². The molecule has 9 heteroatoms. The quantitative estimate of drug-likeness (QED) is 0.638. The summed E-state index contributed by atoms with van der Waals surface area (Å²) < 4.78 is 2.13. The first-order valence-electron chi connectivity index (χ1n) is 9.84. The second-order valence-corrected chi connectivity index (χ2v) is 8.70. The average molecular weight is 420 g/mol. The molecule has 1 aliphatic heterocycles. The monoisotopic (exact) mass is 420 g/mol. The predicted molar refractivity (Wildman–Crippen MR) is 114 cm³/mol. The summed E-state index contributed by atoms with van der Waals surface area (Å²) in [6, 6.07) is 11.5. The van der Waals surface area contributed by atoms with Gasteiger partial charge in [-0.1, -0.05) is 23.9 Å². The zero-order valence-corrected chi connectivity index (χ0v) is 17.2. The van der Waals surface area contributed by atoms with Crippen LogP contribution in [0.2, 0.25) is 0 Å². The molecule has 5 rings (SSSR count). The number of hydrogen-bond acceptors (Lipinski definition) is 6. The fourth-order valence-electron chi connectivity index (χ4n) is 3.57. The van der Waals surface area contributed by atoms with Crippen LogP contribution in [0.15, 0.2) is 53.9 Å². The summed E-state index contributed by atoms with van der Waals surface area (Å²) >= 11 is 1.38. The molecule has 2 aromatic heterocycles. The fourth-order valence-corrected chi connectivity index (χ4v) is 4.56. The number of carbonyl (C=O) groups is 2. The van der Waals surface area contributed by atoms with E-state index in [0.29, 0.717) is 11.7 Å². The number of thioether (sulfide) groups is 1. The molecule has 1 N–H and O–H groups in total. The van der Waals surface area contributed by atoms with Crippen molar-refractivity contribution in [1.82, 2.24) is 19.7 Å². The number of amides is 2. The minimum Gasteiger partial charge on any atom is -0.323 e. The van der Waals surface area contributed by atoms with Gasteiger partial charge in [-0.2, -0.15) is 0 Å². The number of pyridine rings is 1. The molecule has 1 saturated carbocycles. The molecular formula is C21H20N6O2S. The molecule has 1 atom stereocenters. The molecule has 0 spiro atoms. The Bertz CT molecular complexity index is 1110. The molecule has 1 aliphatic carbocycles. The second-order valence-electron chi connectivity index (χ2n) is 7.39. The van der Waals surface area contributed by atoms with Crippen LogP contribution in [0.5, 0.6) is 0 Å². The standard InChI is InChI=1S/C21H20N6O2S/c1-13(20(29)26-12-18(28)23-16-4-2-3-5-17(16)26)30-21-25-24-19(27(21)15-6-7-15)14-8-10-22-11-9-14/h2-5,8-11,13,15H,6-7,12H2,1H3,(H,23,28)/t13-/m1/s1.